The molecule has 82 heavy (non-hydrogen) atoms. The predicted octanol–water partition coefficient (Wildman–Crippen LogP) is 4.40. The highest BCUT2D eigenvalue weighted by Gasteiger charge is 2.76. The molecule has 0 bridgehead atoms. The molecule has 7 aliphatic rings. The number of alkyl halides is 1. The van der Waals surface area contributed by atoms with Gasteiger partial charge < -0.3 is 74.6 Å². The van der Waals surface area contributed by atoms with Gasteiger partial charge >= 0.3 is 5.97 Å². The molecule has 4 unspecified atom stereocenters. The topological polar surface area (TPSA) is 272 Å². The molecular weight excluding hydrogens is 1060 g/mol. The van der Waals surface area contributed by atoms with Crippen LogP contribution in [0.3, 0.4) is 0 Å². The maximum absolute atomic E-state index is 17.8. The van der Waals surface area contributed by atoms with Crippen LogP contribution in [-0.2, 0) is 47.6 Å². The highest BCUT2D eigenvalue weighted by Crippen LogP contribution is 2.70. The molecule has 3 saturated heterocycles. The van der Waals surface area contributed by atoms with Crippen molar-refractivity contribution in [3.8, 4) is 0 Å². The van der Waals surface area contributed by atoms with E-state index >= 15 is 4.39 Å². The van der Waals surface area contributed by atoms with E-state index in [9.17, 15) is 49.8 Å². The second-order valence-electron chi connectivity index (χ2n) is 27.2. The molecule has 0 aromatic carbocycles. The molecule has 26 atom stereocenters. The first-order valence-electron chi connectivity index (χ1n) is 30.1. The summed E-state index contributed by atoms with van der Waals surface area (Å²) in [6.45, 7) is 22.9. The number of rotatable bonds is 12. The normalized spacial score (nSPS) is 49.6. The molecule has 0 spiro atoms. The standard InChI is InChI=1S/C62H100FN3O16/c1-17-19-46-60(13,75)49(70)37(7)65-52(72)32(2)29-59(12,78-16)51(35(5)47(36(6)53(73)81-46)44-30-58(11,77-15)50(71)38(8)80-44)82-54-48(69)43(27-34(4)79-54)66(14)25-18-24-64-55(74)62(76)33(3)26-42-41-21-20-39-28-40(67)22-23-56(39,9)61(41,63)45(68)31-57(42,62)10/h17,19,22-23,28,32-38,41-51,54,68-71,75-76H,18,20-21,24-27,29-31H2,1-16H3,(H,64,74)(H,65,72)/b19-17+/t32-,33-,34-,35+,36-,37-,38+,41?,42?,43+,44?,45+,46?,47+,48-,49-,50+,51-,54+,56+,57+,58-,59-,60-,61+,62+/m1/s1. The second-order valence-corrected chi connectivity index (χ2v) is 27.2. The molecule has 8 N–H and O–H groups in total. The zero-order valence-electron chi connectivity index (χ0n) is 51.5. The molecule has 3 saturated carbocycles. The van der Waals surface area contributed by atoms with Crippen LogP contribution in [0.4, 0.5) is 4.39 Å². The number of amides is 2. The lowest BCUT2D eigenvalue weighted by molar-refractivity contribution is -0.305. The van der Waals surface area contributed by atoms with Crippen molar-refractivity contribution < 1.29 is 82.6 Å². The summed E-state index contributed by atoms with van der Waals surface area (Å²) in [6.07, 6.45) is -1.62. The van der Waals surface area contributed by atoms with Gasteiger partial charge in [-0.25, -0.2) is 4.39 Å². The number of methoxy groups -OCH3 is 2. The summed E-state index contributed by atoms with van der Waals surface area (Å²) in [5.74, 6) is -7.00. The van der Waals surface area contributed by atoms with Crippen molar-refractivity contribution in [1.82, 2.24) is 15.5 Å². The average molecular weight is 1160 g/mol. The highest BCUT2D eigenvalue weighted by atomic mass is 19.1. The van der Waals surface area contributed by atoms with E-state index in [1.807, 2.05) is 32.7 Å². The van der Waals surface area contributed by atoms with E-state index in [4.69, 9.17) is 28.4 Å². The van der Waals surface area contributed by atoms with E-state index in [2.05, 4.69) is 10.6 Å². The third-order valence-electron chi connectivity index (χ3n) is 21.9. The first-order valence-corrected chi connectivity index (χ1v) is 30.1. The maximum atomic E-state index is 17.8. The zero-order valence-corrected chi connectivity index (χ0v) is 51.5. The van der Waals surface area contributed by atoms with Crippen molar-refractivity contribution in [3.05, 3.63) is 36.0 Å². The fourth-order valence-electron chi connectivity index (χ4n) is 16.6. The average Bonchev–Trinajstić information content (AvgIpc) is 1.67. The number of halogens is 1. The Morgan fingerprint density at radius 2 is 1.56 bits per heavy atom. The first kappa shape index (κ1) is 66.3. The third-order valence-corrected chi connectivity index (χ3v) is 21.9. The van der Waals surface area contributed by atoms with Gasteiger partial charge in [-0.05, 0) is 150 Å². The largest absolute Gasteiger partial charge is 0.455 e. The van der Waals surface area contributed by atoms with Gasteiger partial charge in [0, 0.05) is 61.8 Å². The SMILES string of the molecule is C/C=C/C1OC(=O)[C@H](C)[C@@H](C2C[C@@](C)(OC)[C@@H](O)[C@H](C)O2)[C@H](C)[C@@H](O[C@@H]2O[C@H](C)C[C@H](N(C)CCCNC(=O)[C@@]3(O)[C@H](C)CC4C5CCC6=CC(=O)C=C[C@]6(C)[C@@]5(F)[C@@H](O)C[C@@]43C)[C@H]2O)[C@](C)(OC)C[C@@H](C)C(=O)N[C@H](C)[C@@H](O)[C@]1(C)O. The molecule has 0 radical (unpaired) electrons. The van der Waals surface area contributed by atoms with Crippen LogP contribution in [0, 0.1) is 52.3 Å². The number of nitrogens with one attached hydrogen (secondary N) is 2. The van der Waals surface area contributed by atoms with Gasteiger partial charge in [-0.3, -0.25) is 19.2 Å². The van der Waals surface area contributed by atoms with Crippen LogP contribution < -0.4 is 10.6 Å². The molecule has 0 aromatic rings. The Hall–Kier alpha value is -3.25. The number of esters is 1. The number of ether oxygens (including phenoxy) is 6. The van der Waals surface area contributed by atoms with E-state index in [-0.39, 0.29) is 31.6 Å². The fraction of sp³-hybridized carbons (Fsp3) is 0.839. The van der Waals surface area contributed by atoms with Crippen molar-refractivity contribution in [2.75, 3.05) is 34.4 Å². The summed E-state index contributed by atoms with van der Waals surface area (Å²) in [5.41, 5.74) is -10.3. The van der Waals surface area contributed by atoms with E-state index in [1.165, 1.54) is 39.4 Å². The van der Waals surface area contributed by atoms with Crippen molar-refractivity contribution >= 4 is 23.6 Å². The number of nitrogens with zero attached hydrogens (tertiary/aromatic N) is 1. The number of hydrogen-bond acceptors (Lipinski definition) is 17. The van der Waals surface area contributed by atoms with E-state index < -0.39 is 171 Å². The minimum Gasteiger partial charge on any atom is -0.455 e. The van der Waals surface area contributed by atoms with Crippen LogP contribution in [0.15, 0.2) is 36.0 Å². The molecule has 2 amide bonds. The smallest absolute Gasteiger partial charge is 0.309 e. The highest BCUT2D eigenvalue weighted by molar-refractivity contribution is 6.01. The van der Waals surface area contributed by atoms with Crippen molar-refractivity contribution in [3.63, 3.8) is 0 Å². The molecule has 3 heterocycles. The van der Waals surface area contributed by atoms with Gasteiger partial charge in [0.05, 0.1) is 53.7 Å². The number of allylic oxidation sites excluding steroid dienone is 5. The minimum absolute atomic E-state index is 0.0320. The molecule has 19 nitrogen and oxygen atoms in total. The number of carbonyl (C=O) groups is 4. The molecule has 20 heteroatoms. The van der Waals surface area contributed by atoms with Crippen LogP contribution in [-0.4, -0.2) is 195 Å². The number of fused-ring (bicyclic) bond motifs is 5. The molecule has 4 aliphatic carbocycles. The lowest BCUT2D eigenvalue weighted by atomic mass is 9.44. The number of carbonyl (C=O) groups excluding carboxylic acids is 4. The predicted molar refractivity (Wildman–Crippen MR) is 302 cm³/mol. The maximum Gasteiger partial charge on any atom is 0.309 e. The van der Waals surface area contributed by atoms with Gasteiger partial charge in [-0.15, -0.1) is 0 Å². The summed E-state index contributed by atoms with van der Waals surface area (Å²) < 4.78 is 56.7. The quantitative estimate of drug-likeness (QED) is 0.0764. The van der Waals surface area contributed by atoms with Crippen LogP contribution in [0.1, 0.15) is 141 Å². The summed E-state index contributed by atoms with van der Waals surface area (Å²) >= 11 is 0. The van der Waals surface area contributed by atoms with E-state index in [1.54, 1.807) is 74.5 Å². The number of cyclic esters (lactones) is 1. The van der Waals surface area contributed by atoms with E-state index in [0.29, 0.717) is 44.2 Å². The van der Waals surface area contributed by atoms with Crippen LogP contribution in [0.5, 0.6) is 0 Å². The Labute approximate surface area is 485 Å². The number of aliphatic hydroxyl groups excluding tert-OH is 4. The van der Waals surface area contributed by atoms with Crippen LogP contribution in [0.25, 0.3) is 0 Å². The summed E-state index contributed by atoms with van der Waals surface area (Å²) in [6, 6.07) is -1.56. The summed E-state index contributed by atoms with van der Waals surface area (Å²) in [5, 5.41) is 77.8. The molecule has 466 valence electrons. The minimum atomic E-state index is -2.10. The zero-order chi connectivity index (χ0) is 61.2. The summed E-state index contributed by atoms with van der Waals surface area (Å²) in [4.78, 5) is 57.7. The molecule has 0 aromatic heterocycles. The lowest BCUT2D eigenvalue weighted by Crippen LogP contribution is -2.70. The Morgan fingerprint density at radius 3 is 2.20 bits per heavy atom. The van der Waals surface area contributed by atoms with E-state index in [0.717, 1.165) is 0 Å². The first-order chi connectivity index (χ1) is 38.1. The molecular formula is C62H100FN3O16. The summed E-state index contributed by atoms with van der Waals surface area (Å²) in [7, 11) is 4.85. The molecule has 3 aliphatic heterocycles. The monoisotopic (exact) mass is 1160 g/mol. The second kappa shape index (κ2) is 24.5. The van der Waals surface area contributed by atoms with Crippen molar-refractivity contribution in [2.24, 2.45) is 52.3 Å². The number of likely N-dealkylation sites (N-methyl/N-ethyl adjacent to an activating group) is 1. The van der Waals surface area contributed by atoms with Gasteiger partial charge in [0.15, 0.2) is 29.4 Å². The lowest BCUT2D eigenvalue weighted by Gasteiger charge is -2.62. The van der Waals surface area contributed by atoms with Gasteiger partial charge in [0.1, 0.15) is 23.9 Å². The number of hydrogen-bond donors (Lipinski definition) is 8. The number of ketones is 1. The molecule has 6 fully saturated rings. The van der Waals surface area contributed by atoms with Crippen molar-refractivity contribution in [2.45, 2.75) is 243 Å². The van der Waals surface area contributed by atoms with Crippen LogP contribution >= 0.6 is 0 Å². The van der Waals surface area contributed by atoms with Gasteiger partial charge in [-0.1, -0.05) is 52.3 Å². The van der Waals surface area contributed by atoms with Crippen molar-refractivity contribution in [1.29, 1.82) is 0 Å². The number of aliphatic hydroxyl groups is 6. The van der Waals surface area contributed by atoms with Crippen LogP contribution in [0.2, 0.25) is 0 Å². The van der Waals surface area contributed by atoms with Gasteiger partial charge in [0.25, 0.3) is 5.91 Å². The Balaban J connectivity index is 1.12. The van der Waals surface area contributed by atoms with Gasteiger partial charge in [-0.2, -0.15) is 0 Å². The Kier molecular flexibility index (Phi) is 19.8. The van der Waals surface area contributed by atoms with Gasteiger partial charge in [0.2, 0.25) is 5.91 Å². The molecule has 7 rings (SSSR count). The third kappa shape index (κ3) is 11.4. The Bertz CT molecular complexity index is 2430. The fourth-order valence-corrected chi connectivity index (χ4v) is 16.6. The Morgan fingerprint density at radius 1 is 0.902 bits per heavy atom.